The lowest BCUT2D eigenvalue weighted by atomic mass is 9.77. The van der Waals surface area contributed by atoms with Crippen molar-refractivity contribution in [2.75, 3.05) is 4.90 Å². The average Bonchev–Trinajstić information content (AvgIpc) is 2.74. The van der Waals surface area contributed by atoms with Gasteiger partial charge in [-0.3, -0.25) is 14.5 Å². The fraction of sp³-hybridized carbons (Fsp3) is 0.200. The highest BCUT2D eigenvalue weighted by Gasteiger charge is 2.40. The Bertz CT molecular complexity index is 1180. The van der Waals surface area contributed by atoms with Crippen LogP contribution in [0.1, 0.15) is 37.2 Å². The molecule has 1 heterocycles. The quantitative estimate of drug-likeness (QED) is 0.526. The summed E-state index contributed by atoms with van der Waals surface area (Å²) < 4.78 is 0. The first-order valence-corrected chi connectivity index (χ1v) is 10.3. The van der Waals surface area contributed by atoms with Crippen molar-refractivity contribution in [1.29, 1.82) is 0 Å². The van der Waals surface area contributed by atoms with Gasteiger partial charge in [0.2, 0.25) is 5.91 Å². The van der Waals surface area contributed by atoms with Crippen LogP contribution in [0.3, 0.4) is 0 Å². The summed E-state index contributed by atoms with van der Waals surface area (Å²) in [5.74, 6) is -0.0627. The van der Waals surface area contributed by atoms with E-state index in [0.717, 1.165) is 34.0 Å². The largest absolute Gasteiger partial charge is 0.294 e. The van der Waals surface area contributed by atoms with Crippen LogP contribution in [0.25, 0.3) is 10.8 Å². The Balaban J connectivity index is 1.67. The minimum Gasteiger partial charge on any atom is -0.294 e. The van der Waals surface area contributed by atoms with Gasteiger partial charge in [0.05, 0.1) is 10.7 Å². The fourth-order valence-electron chi connectivity index (χ4n) is 4.61. The molecular formula is C25H20ClNO2. The number of carbonyl (C=O) groups excluding carboxylic acids is 2. The molecule has 0 fully saturated rings. The van der Waals surface area contributed by atoms with Crippen LogP contribution in [-0.4, -0.2) is 11.7 Å². The van der Waals surface area contributed by atoms with Gasteiger partial charge in [-0.05, 0) is 41.3 Å². The summed E-state index contributed by atoms with van der Waals surface area (Å²) in [6.45, 7) is 0. The molecule has 0 radical (unpaired) electrons. The second-order valence-corrected chi connectivity index (χ2v) is 8.09. The summed E-state index contributed by atoms with van der Waals surface area (Å²) in [6.07, 6.45) is 2.28. The standard InChI is InChI=1S/C25H20ClNO2/c26-20-8-3-4-9-21(20)27-22-10-5-11-23(28)25(22)19(15-24(27)29)18-13-12-16-6-1-2-7-17(16)14-18/h1-4,6-9,12-14,19H,5,10-11,15H2. The molecule has 4 heteroatoms. The number of benzene rings is 3. The van der Waals surface area contributed by atoms with Crippen molar-refractivity contribution >= 4 is 39.8 Å². The lowest BCUT2D eigenvalue weighted by Gasteiger charge is -2.38. The molecule has 3 aromatic carbocycles. The molecule has 1 aliphatic carbocycles. The van der Waals surface area contributed by atoms with Gasteiger partial charge in [-0.2, -0.15) is 0 Å². The van der Waals surface area contributed by atoms with E-state index < -0.39 is 0 Å². The maximum absolute atomic E-state index is 13.3. The van der Waals surface area contributed by atoms with Gasteiger partial charge in [0.1, 0.15) is 0 Å². The molecular weight excluding hydrogens is 382 g/mol. The second kappa shape index (κ2) is 7.16. The molecule has 144 valence electrons. The molecule has 0 N–H and O–H groups in total. The minimum atomic E-state index is -0.200. The predicted octanol–water partition coefficient (Wildman–Crippen LogP) is 6.02. The maximum Gasteiger partial charge on any atom is 0.232 e. The number of para-hydroxylation sites is 1. The summed E-state index contributed by atoms with van der Waals surface area (Å²) in [7, 11) is 0. The third-order valence-corrected chi connectivity index (χ3v) is 6.26. The van der Waals surface area contributed by atoms with Crippen molar-refractivity contribution in [1.82, 2.24) is 0 Å². The SMILES string of the molecule is O=C1CCCC2=C1C(c1ccc3ccccc3c1)CC(=O)N2c1ccccc1Cl. The van der Waals surface area contributed by atoms with Gasteiger partial charge >= 0.3 is 0 Å². The van der Waals surface area contributed by atoms with E-state index in [4.69, 9.17) is 11.6 Å². The van der Waals surface area contributed by atoms with Crippen molar-refractivity contribution in [3.63, 3.8) is 0 Å². The van der Waals surface area contributed by atoms with Crippen LogP contribution < -0.4 is 4.90 Å². The molecule has 0 spiro atoms. The van der Waals surface area contributed by atoms with Gasteiger partial charge in [0, 0.05) is 30.0 Å². The summed E-state index contributed by atoms with van der Waals surface area (Å²) in [6, 6.07) is 21.7. The van der Waals surface area contributed by atoms with Crippen molar-refractivity contribution in [2.24, 2.45) is 0 Å². The zero-order chi connectivity index (χ0) is 20.0. The highest BCUT2D eigenvalue weighted by molar-refractivity contribution is 6.34. The first-order chi connectivity index (χ1) is 14.1. The Kier molecular flexibility index (Phi) is 4.48. The Morgan fingerprint density at radius 3 is 2.45 bits per heavy atom. The van der Waals surface area contributed by atoms with Crippen LogP contribution in [0.5, 0.6) is 0 Å². The highest BCUT2D eigenvalue weighted by atomic mass is 35.5. The number of anilines is 1. The Labute approximate surface area is 174 Å². The highest BCUT2D eigenvalue weighted by Crippen LogP contribution is 2.45. The van der Waals surface area contributed by atoms with E-state index >= 15 is 0 Å². The number of hydrogen-bond acceptors (Lipinski definition) is 2. The van der Waals surface area contributed by atoms with Crippen LogP contribution in [0.2, 0.25) is 5.02 Å². The van der Waals surface area contributed by atoms with Gasteiger partial charge in [-0.15, -0.1) is 0 Å². The third kappa shape index (κ3) is 3.06. The van der Waals surface area contributed by atoms with Crippen LogP contribution in [0.4, 0.5) is 5.69 Å². The van der Waals surface area contributed by atoms with E-state index in [1.54, 1.807) is 11.0 Å². The first-order valence-electron chi connectivity index (χ1n) is 9.96. The van der Waals surface area contributed by atoms with E-state index in [1.807, 2.05) is 30.3 Å². The van der Waals surface area contributed by atoms with E-state index in [0.29, 0.717) is 23.6 Å². The predicted molar refractivity (Wildman–Crippen MR) is 116 cm³/mol. The van der Waals surface area contributed by atoms with Crippen molar-refractivity contribution in [2.45, 2.75) is 31.6 Å². The summed E-state index contributed by atoms with van der Waals surface area (Å²) in [4.78, 5) is 28.0. The van der Waals surface area contributed by atoms with Crippen molar-refractivity contribution in [3.05, 3.63) is 88.6 Å². The minimum absolute atomic E-state index is 0.00953. The lowest BCUT2D eigenvalue weighted by molar-refractivity contribution is -0.119. The van der Waals surface area contributed by atoms with Crippen LogP contribution >= 0.6 is 11.6 Å². The normalized spacial score (nSPS) is 19.6. The molecule has 3 nitrogen and oxygen atoms in total. The number of ketones is 1. The second-order valence-electron chi connectivity index (χ2n) is 7.68. The van der Waals surface area contributed by atoms with Gasteiger partial charge in [0.15, 0.2) is 5.78 Å². The molecule has 3 aromatic rings. The van der Waals surface area contributed by atoms with Gasteiger partial charge in [0.25, 0.3) is 0 Å². The van der Waals surface area contributed by atoms with Crippen molar-refractivity contribution in [3.8, 4) is 0 Å². The first kappa shape index (κ1) is 18.1. The Morgan fingerprint density at radius 1 is 0.862 bits per heavy atom. The number of nitrogens with zero attached hydrogens (tertiary/aromatic N) is 1. The lowest BCUT2D eigenvalue weighted by Crippen LogP contribution is -2.40. The topological polar surface area (TPSA) is 37.4 Å². The van der Waals surface area contributed by atoms with Gasteiger partial charge < -0.3 is 0 Å². The molecule has 0 saturated carbocycles. The van der Waals surface area contributed by atoms with Crippen molar-refractivity contribution < 1.29 is 9.59 Å². The fourth-order valence-corrected chi connectivity index (χ4v) is 4.83. The number of fused-ring (bicyclic) bond motifs is 1. The van der Waals surface area contributed by atoms with Gasteiger partial charge in [-0.25, -0.2) is 0 Å². The molecule has 1 aliphatic heterocycles. The number of allylic oxidation sites excluding steroid dienone is 2. The molecule has 2 aliphatic rings. The molecule has 0 saturated heterocycles. The number of hydrogen-bond donors (Lipinski definition) is 0. The average molecular weight is 402 g/mol. The molecule has 1 amide bonds. The zero-order valence-electron chi connectivity index (χ0n) is 15.9. The molecule has 1 unspecified atom stereocenters. The molecule has 0 bridgehead atoms. The number of halogens is 1. The molecule has 5 rings (SSSR count). The number of rotatable bonds is 2. The monoisotopic (exact) mass is 401 g/mol. The van der Waals surface area contributed by atoms with Crippen LogP contribution in [0.15, 0.2) is 78.0 Å². The Morgan fingerprint density at radius 2 is 1.62 bits per heavy atom. The zero-order valence-corrected chi connectivity index (χ0v) is 16.7. The summed E-state index contributed by atoms with van der Waals surface area (Å²) in [5, 5.41) is 2.80. The Hall–Kier alpha value is -2.91. The molecule has 29 heavy (non-hydrogen) atoms. The van der Waals surface area contributed by atoms with E-state index in [2.05, 4.69) is 30.3 Å². The van der Waals surface area contributed by atoms with E-state index in [1.165, 1.54) is 0 Å². The van der Waals surface area contributed by atoms with Gasteiger partial charge in [-0.1, -0.05) is 66.2 Å². The number of carbonyl (C=O) groups is 2. The van der Waals surface area contributed by atoms with E-state index in [-0.39, 0.29) is 24.0 Å². The summed E-state index contributed by atoms with van der Waals surface area (Å²) >= 11 is 6.41. The smallest absolute Gasteiger partial charge is 0.232 e. The van der Waals surface area contributed by atoms with Crippen LogP contribution in [-0.2, 0) is 9.59 Å². The van der Waals surface area contributed by atoms with Crippen LogP contribution in [0, 0.1) is 0 Å². The maximum atomic E-state index is 13.3. The number of amides is 1. The molecule has 0 aromatic heterocycles. The molecule has 1 atom stereocenters. The third-order valence-electron chi connectivity index (χ3n) is 5.94. The van der Waals surface area contributed by atoms with E-state index in [9.17, 15) is 9.59 Å². The number of Topliss-reactive ketones (excluding diaryl/α,β-unsaturated/α-hetero) is 1. The summed E-state index contributed by atoms with van der Waals surface area (Å²) in [5.41, 5.74) is 3.30.